The molecule has 0 aromatic carbocycles. The molecular formula is C5H7F2NO. The zero-order valence-electron chi connectivity index (χ0n) is 4.95. The Labute approximate surface area is 51.3 Å². The van der Waals surface area contributed by atoms with Crippen LogP contribution in [0.15, 0.2) is 12.2 Å². The highest BCUT2D eigenvalue weighted by Gasteiger charge is 2.37. The molecule has 0 heterocycles. The van der Waals surface area contributed by atoms with E-state index >= 15 is 0 Å². The molecule has 0 aliphatic carbocycles. The Morgan fingerprint density at radius 2 is 2.00 bits per heavy atom. The predicted octanol–water partition coefficient (Wildman–Crippen LogP) is 0.683. The number of amides is 1. The van der Waals surface area contributed by atoms with Crippen LogP contribution in [-0.4, -0.2) is 11.8 Å². The molecule has 2 nitrogen and oxygen atoms in total. The molecule has 0 aromatic heterocycles. The van der Waals surface area contributed by atoms with Gasteiger partial charge in [-0.05, 0) is 12.5 Å². The smallest absolute Gasteiger partial charge is 0.345 e. The molecule has 2 N–H and O–H groups in total. The van der Waals surface area contributed by atoms with Gasteiger partial charge in [-0.1, -0.05) is 6.58 Å². The second-order valence-corrected chi connectivity index (χ2v) is 1.72. The fourth-order valence-electron chi connectivity index (χ4n) is 0.210. The van der Waals surface area contributed by atoms with Gasteiger partial charge in [0, 0.05) is 0 Å². The summed E-state index contributed by atoms with van der Waals surface area (Å²) in [6, 6.07) is 0. The van der Waals surface area contributed by atoms with Gasteiger partial charge in [0.25, 0.3) is 5.91 Å². The van der Waals surface area contributed by atoms with Crippen LogP contribution in [0.1, 0.15) is 6.92 Å². The molecular weight excluding hydrogens is 128 g/mol. The van der Waals surface area contributed by atoms with E-state index in [0.717, 1.165) is 6.92 Å². The molecule has 0 radical (unpaired) electrons. The van der Waals surface area contributed by atoms with Crippen molar-refractivity contribution in [2.24, 2.45) is 5.73 Å². The fraction of sp³-hybridized carbons (Fsp3) is 0.400. The van der Waals surface area contributed by atoms with Crippen LogP contribution in [0, 0.1) is 0 Å². The first-order valence-electron chi connectivity index (χ1n) is 2.22. The zero-order chi connectivity index (χ0) is 7.65. The quantitative estimate of drug-likeness (QED) is 0.556. The molecule has 0 unspecified atom stereocenters. The van der Waals surface area contributed by atoms with Crippen molar-refractivity contribution in [2.75, 3.05) is 0 Å². The number of carbonyl (C=O) groups is 1. The van der Waals surface area contributed by atoms with Gasteiger partial charge in [-0.2, -0.15) is 8.78 Å². The van der Waals surface area contributed by atoms with Gasteiger partial charge in [0.2, 0.25) is 0 Å². The molecule has 0 saturated heterocycles. The number of hydrogen-bond acceptors (Lipinski definition) is 1. The minimum atomic E-state index is -3.56. The number of carbonyl (C=O) groups excluding carboxylic acids is 1. The van der Waals surface area contributed by atoms with Crippen molar-refractivity contribution in [1.82, 2.24) is 0 Å². The van der Waals surface area contributed by atoms with Crippen LogP contribution in [-0.2, 0) is 4.79 Å². The third-order valence-electron chi connectivity index (χ3n) is 0.845. The van der Waals surface area contributed by atoms with E-state index in [0.29, 0.717) is 0 Å². The Bertz CT molecular complexity index is 137. The summed E-state index contributed by atoms with van der Waals surface area (Å²) in [5, 5.41) is 0. The minimum Gasteiger partial charge on any atom is -0.364 e. The molecule has 0 aliphatic rings. The number of rotatable bonds is 2. The highest BCUT2D eigenvalue weighted by molar-refractivity contribution is 5.84. The topological polar surface area (TPSA) is 43.1 Å². The lowest BCUT2D eigenvalue weighted by Gasteiger charge is -2.09. The van der Waals surface area contributed by atoms with Crippen LogP contribution in [0.5, 0.6) is 0 Å². The van der Waals surface area contributed by atoms with Gasteiger partial charge in [-0.15, -0.1) is 0 Å². The number of halogens is 2. The first-order valence-corrected chi connectivity index (χ1v) is 2.22. The molecule has 0 bridgehead atoms. The Hall–Kier alpha value is -0.930. The van der Waals surface area contributed by atoms with Gasteiger partial charge in [0.05, 0.1) is 0 Å². The average molecular weight is 135 g/mol. The van der Waals surface area contributed by atoms with Gasteiger partial charge >= 0.3 is 5.92 Å². The second-order valence-electron chi connectivity index (χ2n) is 1.72. The number of hydrogen-bond donors (Lipinski definition) is 1. The maximum atomic E-state index is 12.1. The lowest BCUT2D eigenvalue weighted by Crippen LogP contribution is -2.35. The van der Waals surface area contributed by atoms with Gasteiger partial charge in [0.1, 0.15) is 0 Å². The first-order chi connectivity index (χ1) is 3.89. The highest BCUT2D eigenvalue weighted by Crippen LogP contribution is 2.20. The fourth-order valence-corrected chi connectivity index (χ4v) is 0.210. The Balaban J connectivity index is 4.38. The Morgan fingerprint density at radius 1 is 1.67 bits per heavy atom. The summed E-state index contributed by atoms with van der Waals surface area (Å²) < 4.78 is 24.2. The van der Waals surface area contributed by atoms with E-state index in [1.165, 1.54) is 0 Å². The summed E-state index contributed by atoms with van der Waals surface area (Å²) >= 11 is 0. The van der Waals surface area contributed by atoms with E-state index in [1.807, 2.05) is 0 Å². The molecule has 4 heteroatoms. The van der Waals surface area contributed by atoms with Gasteiger partial charge in [-0.25, -0.2) is 0 Å². The minimum absolute atomic E-state index is 0.532. The summed E-state index contributed by atoms with van der Waals surface area (Å²) in [6.07, 6.45) is 0. The average Bonchev–Trinajstić information content (AvgIpc) is 1.65. The molecule has 52 valence electrons. The maximum absolute atomic E-state index is 12.1. The molecule has 0 fully saturated rings. The molecule has 0 aromatic rings. The maximum Gasteiger partial charge on any atom is 0.345 e. The number of alkyl halides is 2. The van der Waals surface area contributed by atoms with E-state index in [-0.39, 0.29) is 0 Å². The van der Waals surface area contributed by atoms with Crippen molar-refractivity contribution in [3.63, 3.8) is 0 Å². The van der Waals surface area contributed by atoms with Gasteiger partial charge < -0.3 is 5.73 Å². The van der Waals surface area contributed by atoms with Gasteiger partial charge in [-0.3, -0.25) is 4.79 Å². The van der Waals surface area contributed by atoms with Crippen molar-refractivity contribution >= 4 is 5.91 Å². The third kappa shape index (κ3) is 1.48. The standard InChI is InChI=1S/C5H7F2NO/c1-3(2)5(6,7)4(8)9/h1H2,2H3,(H2,8,9). The Morgan fingerprint density at radius 3 is 2.00 bits per heavy atom. The van der Waals surface area contributed by atoms with Crippen LogP contribution >= 0.6 is 0 Å². The predicted molar refractivity (Wildman–Crippen MR) is 29.0 cm³/mol. The monoisotopic (exact) mass is 135 g/mol. The van der Waals surface area contributed by atoms with Crippen molar-refractivity contribution in [3.8, 4) is 0 Å². The SMILES string of the molecule is C=C(C)C(F)(F)C(N)=O. The molecule has 0 spiro atoms. The highest BCUT2D eigenvalue weighted by atomic mass is 19.3. The second kappa shape index (κ2) is 2.13. The molecule has 0 saturated carbocycles. The van der Waals surface area contributed by atoms with Crippen LogP contribution < -0.4 is 5.73 Å². The van der Waals surface area contributed by atoms with E-state index in [1.54, 1.807) is 0 Å². The summed E-state index contributed by atoms with van der Waals surface area (Å²) in [7, 11) is 0. The van der Waals surface area contributed by atoms with Crippen molar-refractivity contribution < 1.29 is 13.6 Å². The van der Waals surface area contributed by atoms with Crippen molar-refractivity contribution in [3.05, 3.63) is 12.2 Å². The molecule has 1 amide bonds. The largest absolute Gasteiger partial charge is 0.364 e. The third-order valence-corrected chi connectivity index (χ3v) is 0.845. The number of primary amides is 1. The zero-order valence-corrected chi connectivity index (χ0v) is 4.95. The van der Waals surface area contributed by atoms with Crippen molar-refractivity contribution in [1.29, 1.82) is 0 Å². The summed E-state index contributed by atoms with van der Waals surface area (Å²) in [4.78, 5) is 9.87. The molecule has 0 atom stereocenters. The van der Waals surface area contributed by atoms with Crippen LogP contribution in [0.25, 0.3) is 0 Å². The summed E-state index contributed by atoms with van der Waals surface area (Å²) in [6.45, 7) is 3.94. The van der Waals surface area contributed by atoms with Crippen molar-refractivity contribution in [2.45, 2.75) is 12.8 Å². The van der Waals surface area contributed by atoms with Gasteiger partial charge in [0.15, 0.2) is 0 Å². The van der Waals surface area contributed by atoms with E-state index in [2.05, 4.69) is 12.3 Å². The van der Waals surface area contributed by atoms with Crippen LogP contribution in [0.4, 0.5) is 8.78 Å². The Kier molecular flexibility index (Phi) is 1.91. The van der Waals surface area contributed by atoms with Crippen LogP contribution in [0.3, 0.4) is 0 Å². The normalized spacial score (nSPS) is 11.0. The van der Waals surface area contributed by atoms with Crippen LogP contribution in [0.2, 0.25) is 0 Å². The number of nitrogens with two attached hydrogens (primary N) is 1. The molecule has 0 rings (SSSR count). The molecule has 0 aliphatic heterocycles. The molecule has 9 heavy (non-hydrogen) atoms. The van der Waals surface area contributed by atoms with E-state index in [4.69, 9.17) is 0 Å². The van der Waals surface area contributed by atoms with E-state index < -0.39 is 17.4 Å². The summed E-state index contributed by atoms with van der Waals surface area (Å²) in [5.74, 6) is -5.21. The van der Waals surface area contributed by atoms with E-state index in [9.17, 15) is 13.6 Å². The summed E-state index contributed by atoms with van der Waals surface area (Å²) in [5.41, 5.74) is 3.79. The lowest BCUT2D eigenvalue weighted by molar-refractivity contribution is -0.136. The lowest BCUT2D eigenvalue weighted by atomic mass is 10.2. The first kappa shape index (κ1) is 8.07.